The van der Waals surface area contributed by atoms with E-state index < -0.39 is 5.97 Å². The lowest BCUT2D eigenvalue weighted by Crippen LogP contribution is -2.10. The first-order chi connectivity index (χ1) is 12.0. The van der Waals surface area contributed by atoms with Crippen LogP contribution in [0.15, 0.2) is 29.1 Å². The van der Waals surface area contributed by atoms with Crippen LogP contribution in [0, 0.1) is 0 Å². The molecule has 126 valence electrons. The Morgan fingerprint density at radius 3 is 2.76 bits per heavy atom. The van der Waals surface area contributed by atoms with Gasteiger partial charge in [0.15, 0.2) is 5.82 Å². The Bertz CT molecular complexity index is 1080. The van der Waals surface area contributed by atoms with Gasteiger partial charge in [0, 0.05) is 4.88 Å². The van der Waals surface area contributed by atoms with E-state index in [2.05, 4.69) is 9.97 Å². The van der Waals surface area contributed by atoms with Crippen LogP contribution in [0.25, 0.3) is 21.3 Å². The third kappa shape index (κ3) is 2.88. The van der Waals surface area contributed by atoms with Gasteiger partial charge in [0.2, 0.25) is 0 Å². The normalized spacial score (nSPS) is 14.0. The van der Waals surface area contributed by atoms with Crippen LogP contribution in [0.1, 0.15) is 38.6 Å². The molecule has 0 saturated heterocycles. The molecule has 2 N–H and O–H groups in total. The number of hydrogen-bond donors (Lipinski definition) is 2. The number of halogens is 1. The number of carboxylic acids is 1. The summed E-state index contributed by atoms with van der Waals surface area (Å²) in [4.78, 5) is 32.6. The fourth-order valence-electron chi connectivity index (χ4n) is 3.05. The summed E-state index contributed by atoms with van der Waals surface area (Å²) in [7, 11) is 0. The van der Waals surface area contributed by atoms with E-state index in [1.165, 1.54) is 17.0 Å². The summed E-state index contributed by atoms with van der Waals surface area (Å²) >= 11 is 7.89. The molecule has 0 unspecified atom stereocenters. The maximum absolute atomic E-state index is 12.5. The van der Waals surface area contributed by atoms with Gasteiger partial charge < -0.3 is 10.1 Å². The zero-order valence-electron chi connectivity index (χ0n) is 13.0. The Labute approximate surface area is 151 Å². The number of nitrogens with one attached hydrogen (secondary N) is 1. The molecule has 0 spiro atoms. The minimum absolute atomic E-state index is 0.160. The largest absolute Gasteiger partial charge is 0.478 e. The number of aromatic carboxylic acids is 1. The van der Waals surface area contributed by atoms with E-state index in [4.69, 9.17) is 16.7 Å². The number of aromatic nitrogens is 2. The monoisotopic (exact) mass is 372 g/mol. The molecule has 1 aromatic carbocycles. The van der Waals surface area contributed by atoms with Crippen molar-refractivity contribution in [1.82, 2.24) is 9.97 Å². The number of benzene rings is 1. The van der Waals surface area contributed by atoms with Crippen LogP contribution >= 0.6 is 22.9 Å². The zero-order valence-corrected chi connectivity index (χ0v) is 14.6. The highest BCUT2D eigenvalue weighted by Crippen LogP contribution is 2.35. The van der Waals surface area contributed by atoms with Crippen LogP contribution < -0.4 is 5.56 Å². The summed E-state index contributed by atoms with van der Waals surface area (Å²) in [6, 6.07) is 6.31. The molecule has 2 aromatic heterocycles. The summed E-state index contributed by atoms with van der Waals surface area (Å²) in [5.74, 6) is -0.662. The van der Waals surface area contributed by atoms with Gasteiger partial charge in [-0.1, -0.05) is 23.7 Å². The molecule has 5 nitrogen and oxygen atoms in total. The van der Waals surface area contributed by atoms with Crippen molar-refractivity contribution in [2.45, 2.75) is 19.3 Å². The summed E-state index contributed by atoms with van der Waals surface area (Å²) in [6.45, 7) is 0. The highest BCUT2D eigenvalue weighted by Gasteiger charge is 2.21. The highest BCUT2D eigenvalue weighted by atomic mass is 35.5. The Balaban J connectivity index is 1.73. The number of nitrogens with zero attached hydrogens (tertiary/aromatic N) is 1. The molecule has 0 aliphatic heterocycles. The molecular weight excluding hydrogens is 360 g/mol. The molecule has 7 heteroatoms. The topological polar surface area (TPSA) is 83.0 Å². The van der Waals surface area contributed by atoms with E-state index in [1.54, 1.807) is 29.5 Å². The zero-order chi connectivity index (χ0) is 17.6. The van der Waals surface area contributed by atoms with E-state index in [9.17, 15) is 9.59 Å². The number of hydrogen-bond acceptors (Lipinski definition) is 4. The number of rotatable bonds is 3. The Hall–Kier alpha value is -2.44. The van der Waals surface area contributed by atoms with Gasteiger partial charge >= 0.3 is 5.97 Å². The van der Waals surface area contributed by atoms with Crippen LogP contribution in [0.5, 0.6) is 0 Å². The van der Waals surface area contributed by atoms with Crippen LogP contribution in [-0.2, 0) is 12.8 Å². The average Bonchev–Trinajstić information content (AvgIpc) is 3.15. The Kier molecular flexibility index (Phi) is 3.94. The maximum Gasteiger partial charge on any atom is 0.335 e. The number of thiophene rings is 1. The molecule has 0 bridgehead atoms. The molecule has 0 atom stereocenters. The van der Waals surface area contributed by atoms with Crippen molar-refractivity contribution in [2.24, 2.45) is 0 Å². The van der Waals surface area contributed by atoms with Crippen LogP contribution in [0.2, 0.25) is 0 Å². The molecule has 0 radical (unpaired) electrons. The number of fused-ring (bicyclic) bond motifs is 3. The average molecular weight is 373 g/mol. The molecule has 3 aromatic rings. The van der Waals surface area contributed by atoms with Gasteiger partial charge in [0.1, 0.15) is 4.83 Å². The van der Waals surface area contributed by atoms with Gasteiger partial charge in [-0.05, 0) is 48.6 Å². The van der Waals surface area contributed by atoms with Crippen LogP contribution in [0.4, 0.5) is 0 Å². The van der Waals surface area contributed by atoms with E-state index in [0.29, 0.717) is 16.2 Å². The summed E-state index contributed by atoms with van der Waals surface area (Å²) in [5, 5.41) is 9.92. The van der Waals surface area contributed by atoms with Crippen LogP contribution in [0.3, 0.4) is 0 Å². The number of H-pyrrole nitrogens is 1. The van der Waals surface area contributed by atoms with Crippen molar-refractivity contribution in [3.63, 3.8) is 0 Å². The number of aromatic amines is 1. The summed E-state index contributed by atoms with van der Waals surface area (Å²) in [6.07, 6.45) is 4.67. The van der Waals surface area contributed by atoms with Crippen molar-refractivity contribution in [3.8, 4) is 0 Å². The Morgan fingerprint density at radius 2 is 2.04 bits per heavy atom. The minimum Gasteiger partial charge on any atom is -0.478 e. The van der Waals surface area contributed by atoms with Crippen molar-refractivity contribution in [1.29, 1.82) is 0 Å². The maximum atomic E-state index is 12.5. The molecule has 25 heavy (non-hydrogen) atoms. The van der Waals surface area contributed by atoms with E-state index in [0.717, 1.165) is 35.2 Å². The first-order valence-corrected chi connectivity index (χ1v) is 8.98. The second-order valence-electron chi connectivity index (χ2n) is 5.87. The first kappa shape index (κ1) is 16.1. The van der Waals surface area contributed by atoms with Crippen molar-refractivity contribution in [3.05, 3.63) is 62.0 Å². The fraction of sp³-hybridized carbons (Fsp3) is 0.167. The van der Waals surface area contributed by atoms with E-state index >= 15 is 0 Å². The minimum atomic E-state index is -0.983. The number of carboxylic acid groups (broad SMARTS) is 1. The van der Waals surface area contributed by atoms with Gasteiger partial charge in [-0.2, -0.15) is 0 Å². The fourth-order valence-corrected chi connectivity index (χ4v) is 4.53. The summed E-state index contributed by atoms with van der Waals surface area (Å²) in [5.41, 5.74) is 1.90. The number of carbonyl (C=O) groups is 1. The molecule has 0 saturated carbocycles. The number of aryl methyl sites for hydroxylation is 2. The second-order valence-corrected chi connectivity index (χ2v) is 7.36. The molecule has 1 aliphatic rings. The van der Waals surface area contributed by atoms with Gasteiger partial charge in [-0.25, -0.2) is 9.78 Å². The smallest absolute Gasteiger partial charge is 0.335 e. The van der Waals surface area contributed by atoms with Crippen molar-refractivity contribution >= 4 is 50.2 Å². The molecule has 4 rings (SSSR count). The first-order valence-electron chi connectivity index (χ1n) is 7.78. The molecule has 2 heterocycles. The van der Waals surface area contributed by atoms with Crippen molar-refractivity contribution in [2.75, 3.05) is 0 Å². The van der Waals surface area contributed by atoms with Gasteiger partial charge in [-0.15, -0.1) is 11.3 Å². The second kappa shape index (κ2) is 6.13. The molecule has 0 amide bonds. The van der Waals surface area contributed by atoms with E-state index in [1.807, 2.05) is 0 Å². The van der Waals surface area contributed by atoms with Crippen LogP contribution in [-0.4, -0.2) is 21.0 Å². The highest BCUT2D eigenvalue weighted by molar-refractivity contribution is 7.18. The van der Waals surface area contributed by atoms with Gasteiger partial charge in [0.25, 0.3) is 5.56 Å². The summed E-state index contributed by atoms with van der Waals surface area (Å²) < 4.78 is 0. The molecule has 0 fully saturated rings. The van der Waals surface area contributed by atoms with Crippen molar-refractivity contribution < 1.29 is 9.90 Å². The predicted molar refractivity (Wildman–Crippen MR) is 99.4 cm³/mol. The standard InChI is InChI=1S/C18H13ClN2O3S/c19-12(8-9-4-6-10(7-5-9)18(23)24)15-20-16(22)14-11-2-1-3-13(11)25-17(14)21-15/h4-8H,1-3H2,(H,23,24)(H,20,21,22)/b12-8-. The SMILES string of the molecule is O=C(O)c1ccc(/C=C(\Cl)c2nc3sc4c(c3c(=O)[nH]2)CCC4)cc1. The van der Waals surface area contributed by atoms with Gasteiger partial charge in [0.05, 0.1) is 16.0 Å². The lowest BCUT2D eigenvalue weighted by molar-refractivity contribution is 0.0697. The third-order valence-corrected chi connectivity index (χ3v) is 5.73. The lowest BCUT2D eigenvalue weighted by Gasteiger charge is -2.01. The molecular formula is C18H13ClN2O3S. The predicted octanol–water partition coefficient (Wildman–Crippen LogP) is 3.91. The molecule has 1 aliphatic carbocycles. The van der Waals surface area contributed by atoms with E-state index in [-0.39, 0.29) is 11.1 Å². The third-order valence-electron chi connectivity index (χ3n) is 4.25. The Morgan fingerprint density at radius 1 is 1.28 bits per heavy atom. The quantitative estimate of drug-likeness (QED) is 0.730. The lowest BCUT2D eigenvalue weighted by atomic mass is 10.1. The van der Waals surface area contributed by atoms with Gasteiger partial charge in [-0.3, -0.25) is 4.79 Å².